The molecule has 0 bridgehead atoms. The number of benzene rings is 1. The van der Waals surface area contributed by atoms with E-state index in [0.29, 0.717) is 12.0 Å². The minimum Gasteiger partial charge on any atom is -0.379 e. The molecule has 0 aromatic heterocycles. The Hall–Kier alpha value is -0.860. The summed E-state index contributed by atoms with van der Waals surface area (Å²) < 4.78 is 5.71. The molecular weight excluding hydrogens is 246 g/mol. The SMILES string of the molecule is CCCNCC(CCOC(C)C)Cc1cccc(C)c1. The van der Waals surface area contributed by atoms with Gasteiger partial charge in [0.15, 0.2) is 0 Å². The smallest absolute Gasteiger partial charge is 0.0518 e. The van der Waals surface area contributed by atoms with E-state index in [-0.39, 0.29) is 0 Å². The van der Waals surface area contributed by atoms with Gasteiger partial charge in [-0.2, -0.15) is 0 Å². The molecule has 0 amide bonds. The second-order valence-electron chi connectivity index (χ2n) is 5.97. The Labute approximate surface area is 124 Å². The molecule has 0 aliphatic carbocycles. The molecule has 1 atom stereocenters. The van der Waals surface area contributed by atoms with Crippen LogP contribution in [-0.4, -0.2) is 25.8 Å². The first-order chi connectivity index (χ1) is 9.61. The Morgan fingerprint density at radius 2 is 2.05 bits per heavy atom. The van der Waals surface area contributed by atoms with E-state index in [9.17, 15) is 0 Å². The number of nitrogens with one attached hydrogen (secondary N) is 1. The monoisotopic (exact) mass is 277 g/mol. The third kappa shape index (κ3) is 7.66. The lowest BCUT2D eigenvalue weighted by atomic mass is 9.95. The lowest BCUT2D eigenvalue weighted by molar-refractivity contribution is 0.0683. The molecule has 1 aromatic rings. The van der Waals surface area contributed by atoms with E-state index in [4.69, 9.17) is 4.74 Å². The fourth-order valence-electron chi connectivity index (χ4n) is 2.40. The van der Waals surface area contributed by atoms with Crippen molar-refractivity contribution in [1.29, 1.82) is 0 Å². The van der Waals surface area contributed by atoms with Crippen molar-refractivity contribution in [3.05, 3.63) is 35.4 Å². The molecule has 1 N–H and O–H groups in total. The zero-order chi connectivity index (χ0) is 14.8. The maximum Gasteiger partial charge on any atom is 0.0518 e. The molecule has 114 valence electrons. The standard InChI is InChI=1S/C18H31NO/c1-5-10-19-14-18(9-11-20-15(2)3)13-17-8-6-7-16(4)12-17/h6-8,12,15,18-19H,5,9-11,13-14H2,1-4H3. The summed E-state index contributed by atoms with van der Waals surface area (Å²) in [5.74, 6) is 0.655. The van der Waals surface area contributed by atoms with Crippen LogP contribution in [0.25, 0.3) is 0 Å². The fourth-order valence-corrected chi connectivity index (χ4v) is 2.40. The van der Waals surface area contributed by atoms with Crippen LogP contribution in [0.15, 0.2) is 24.3 Å². The van der Waals surface area contributed by atoms with Crippen molar-refractivity contribution < 1.29 is 4.74 Å². The van der Waals surface area contributed by atoms with E-state index in [1.165, 1.54) is 17.5 Å². The van der Waals surface area contributed by atoms with E-state index in [1.807, 2.05) is 0 Å². The topological polar surface area (TPSA) is 21.3 Å². The van der Waals surface area contributed by atoms with Gasteiger partial charge in [-0.3, -0.25) is 0 Å². The normalized spacial score (nSPS) is 12.8. The summed E-state index contributed by atoms with van der Waals surface area (Å²) in [6.45, 7) is 11.6. The lowest BCUT2D eigenvalue weighted by Crippen LogP contribution is -2.26. The zero-order valence-electron chi connectivity index (χ0n) is 13.6. The van der Waals surface area contributed by atoms with E-state index in [2.05, 4.69) is 57.3 Å². The summed E-state index contributed by atoms with van der Waals surface area (Å²) in [4.78, 5) is 0. The van der Waals surface area contributed by atoms with Crippen molar-refractivity contribution in [1.82, 2.24) is 5.32 Å². The number of hydrogen-bond donors (Lipinski definition) is 1. The predicted molar refractivity (Wildman–Crippen MR) is 87.2 cm³/mol. The van der Waals surface area contributed by atoms with Crippen LogP contribution in [0.4, 0.5) is 0 Å². The van der Waals surface area contributed by atoms with Gasteiger partial charge in [-0.1, -0.05) is 36.8 Å². The molecule has 0 radical (unpaired) electrons. The molecule has 0 saturated carbocycles. The third-order valence-corrected chi connectivity index (χ3v) is 3.44. The summed E-state index contributed by atoms with van der Waals surface area (Å²) in [6.07, 6.45) is 3.79. The molecule has 0 saturated heterocycles. The van der Waals surface area contributed by atoms with Crippen molar-refractivity contribution >= 4 is 0 Å². The molecule has 2 heteroatoms. The van der Waals surface area contributed by atoms with Crippen LogP contribution < -0.4 is 5.32 Å². The average molecular weight is 277 g/mol. The number of aryl methyl sites for hydroxylation is 1. The van der Waals surface area contributed by atoms with Gasteiger partial charge < -0.3 is 10.1 Å². The summed E-state index contributed by atoms with van der Waals surface area (Å²) in [5, 5.41) is 3.55. The van der Waals surface area contributed by atoms with Gasteiger partial charge in [-0.25, -0.2) is 0 Å². The van der Waals surface area contributed by atoms with Gasteiger partial charge in [0.05, 0.1) is 6.10 Å². The van der Waals surface area contributed by atoms with E-state index < -0.39 is 0 Å². The van der Waals surface area contributed by atoms with Crippen molar-refractivity contribution in [3.63, 3.8) is 0 Å². The molecule has 0 aliphatic heterocycles. The highest BCUT2D eigenvalue weighted by Crippen LogP contribution is 2.14. The predicted octanol–water partition coefficient (Wildman–Crippen LogP) is 3.97. The second kappa shape index (κ2) is 9.95. The number of rotatable bonds is 10. The Morgan fingerprint density at radius 3 is 2.70 bits per heavy atom. The molecular formula is C18H31NO. The van der Waals surface area contributed by atoms with Crippen LogP contribution in [0.2, 0.25) is 0 Å². The van der Waals surface area contributed by atoms with Gasteiger partial charge in [0.25, 0.3) is 0 Å². The lowest BCUT2D eigenvalue weighted by Gasteiger charge is -2.19. The van der Waals surface area contributed by atoms with Crippen molar-refractivity contribution in [2.24, 2.45) is 5.92 Å². The first kappa shape index (κ1) is 17.2. The molecule has 20 heavy (non-hydrogen) atoms. The first-order valence-electron chi connectivity index (χ1n) is 7.99. The van der Waals surface area contributed by atoms with E-state index in [0.717, 1.165) is 32.5 Å². The second-order valence-corrected chi connectivity index (χ2v) is 5.97. The van der Waals surface area contributed by atoms with Gasteiger partial charge >= 0.3 is 0 Å². The third-order valence-electron chi connectivity index (χ3n) is 3.44. The zero-order valence-corrected chi connectivity index (χ0v) is 13.6. The van der Waals surface area contributed by atoms with E-state index >= 15 is 0 Å². The summed E-state index contributed by atoms with van der Waals surface area (Å²) in [7, 11) is 0. The van der Waals surface area contributed by atoms with Crippen LogP contribution >= 0.6 is 0 Å². The minimum absolute atomic E-state index is 0.332. The molecule has 1 unspecified atom stereocenters. The van der Waals surface area contributed by atoms with Crippen LogP contribution in [0, 0.1) is 12.8 Å². The maximum atomic E-state index is 5.71. The molecule has 0 aliphatic rings. The van der Waals surface area contributed by atoms with Crippen LogP contribution in [0.5, 0.6) is 0 Å². The van der Waals surface area contributed by atoms with Gasteiger partial charge in [0.2, 0.25) is 0 Å². The molecule has 1 rings (SSSR count). The Balaban J connectivity index is 2.47. The highest BCUT2D eigenvalue weighted by Gasteiger charge is 2.10. The summed E-state index contributed by atoms with van der Waals surface area (Å²) in [6, 6.07) is 8.86. The van der Waals surface area contributed by atoms with Crippen molar-refractivity contribution in [3.8, 4) is 0 Å². The minimum atomic E-state index is 0.332. The molecule has 0 spiro atoms. The van der Waals surface area contributed by atoms with Crippen molar-refractivity contribution in [2.75, 3.05) is 19.7 Å². The average Bonchev–Trinajstić information content (AvgIpc) is 2.38. The van der Waals surface area contributed by atoms with Gasteiger partial charge in [0.1, 0.15) is 0 Å². The highest BCUT2D eigenvalue weighted by atomic mass is 16.5. The van der Waals surface area contributed by atoms with E-state index in [1.54, 1.807) is 0 Å². The van der Waals surface area contributed by atoms with Gasteiger partial charge in [-0.05, 0) is 64.6 Å². The van der Waals surface area contributed by atoms with Crippen LogP contribution in [-0.2, 0) is 11.2 Å². The Kier molecular flexibility index (Phi) is 8.56. The molecule has 0 fully saturated rings. The quantitative estimate of drug-likeness (QED) is 0.653. The van der Waals surface area contributed by atoms with Gasteiger partial charge in [-0.15, -0.1) is 0 Å². The molecule has 0 heterocycles. The Bertz CT molecular complexity index is 362. The largest absolute Gasteiger partial charge is 0.379 e. The first-order valence-corrected chi connectivity index (χ1v) is 7.99. The fraction of sp³-hybridized carbons (Fsp3) is 0.667. The van der Waals surface area contributed by atoms with Crippen molar-refractivity contribution in [2.45, 2.75) is 53.1 Å². The van der Waals surface area contributed by atoms with Crippen LogP contribution in [0.1, 0.15) is 44.7 Å². The van der Waals surface area contributed by atoms with Gasteiger partial charge in [0, 0.05) is 6.61 Å². The number of ether oxygens (including phenoxy) is 1. The number of hydrogen-bond acceptors (Lipinski definition) is 2. The molecule has 2 nitrogen and oxygen atoms in total. The summed E-state index contributed by atoms with van der Waals surface area (Å²) >= 11 is 0. The Morgan fingerprint density at radius 1 is 1.25 bits per heavy atom. The summed E-state index contributed by atoms with van der Waals surface area (Å²) in [5.41, 5.74) is 2.79. The maximum absolute atomic E-state index is 5.71. The molecule has 1 aromatic carbocycles. The van der Waals surface area contributed by atoms with Crippen LogP contribution in [0.3, 0.4) is 0 Å². The highest BCUT2D eigenvalue weighted by molar-refractivity contribution is 5.22.